The number of ether oxygens (including phenoxy) is 3. The summed E-state index contributed by atoms with van der Waals surface area (Å²) < 4.78 is 16.7. The predicted molar refractivity (Wildman–Crippen MR) is 112 cm³/mol. The van der Waals surface area contributed by atoms with Crippen LogP contribution < -0.4 is 5.32 Å². The molecule has 2 aliphatic rings. The van der Waals surface area contributed by atoms with Crippen molar-refractivity contribution in [1.29, 1.82) is 0 Å². The number of likely N-dealkylation sites (tertiary alicyclic amines) is 1. The van der Waals surface area contributed by atoms with Crippen molar-refractivity contribution in [3.63, 3.8) is 0 Å². The third-order valence-corrected chi connectivity index (χ3v) is 4.47. The Kier molecular flexibility index (Phi) is 12.8. The average molecular weight is 469 g/mol. The molecule has 2 fully saturated rings. The van der Waals surface area contributed by atoms with Crippen molar-refractivity contribution in [2.45, 2.75) is 45.1 Å². The molecule has 1 aliphatic carbocycles. The highest BCUT2D eigenvalue weighted by atomic mass is 127. The Labute approximate surface area is 170 Å². The van der Waals surface area contributed by atoms with Gasteiger partial charge in [-0.25, -0.2) is 0 Å². The zero-order valence-electron chi connectivity index (χ0n) is 15.9. The smallest absolute Gasteiger partial charge is 0.193 e. The fraction of sp³-hybridized carbons (Fsp3) is 0.944. The van der Waals surface area contributed by atoms with Gasteiger partial charge in [-0.15, -0.1) is 24.0 Å². The van der Waals surface area contributed by atoms with E-state index < -0.39 is 0 Å². The maximum Gasteiger partial charge on any atom is 0.193 e. The van der Waals surface area contributed by atoms with Gasteiger partial charge >= 0.3 is 0 Å². The van der Waals surface area contributed by atoms with Crippen LogP contribution in [0.25, 0.3) is 0 Å². The molecule has 0 aromatic rings. The Bertz CT molecular complexity index is 359. The SMILES string of the molecule is CCNC(=NCCOCC1CC1)N1CCC(OCCCOC)CC1.I. The fourth-order valence-electron chi connectivity index (χ4n) is 2.86. The Morgan fingerprint density at radius 2 is 1.88 bits per heavy atom. The van der Waals surface area contributed by atoms with Crippen LogP contribution in [0.1, 0.15) is 39.0 Å². The van der Waals surface area contributed by atoms with E-state index in [1.165, 1.54) is 12.8 Å². The van der Waals surface area contributed by atoms with Crippen LogP contribution in [0.15, 0.2) is 4.99 Å². The van der Waals surface area contributed by atoms with Crippen LogP contribution in [-0.4, -0.2) is 76.7 Å². The predicted octanol–water partition coefficient (Wildman–Crippen LogP) is 2.51. The number of aliphatic imine (C=N–C) groups is 1. The Balaban J connectivity index is 0.00000312. The van der Waals surface area contributed by atoms with Crippen LogP contribution in [0.5, 0.6) is 0 Å². The van der Waals surface area contributed by atoms with Crippen molar-refractivity contribution in [2.24, 2.45) is 10.9 Å². The molecule has 0 aromatic heterocycles. The molecule has 0 unspecified atom stereocenters. The van der Waals surface area contributed by atoms with E-state index in [1.54, 1.807) is 7.11 Å². The van der Waals surface area contributed by atoms with Crippen molar-refractivity contribution in [1.82, 2.24) is 10.2 Å². The maximum atomic E-state index is 5.93. The number of nitrogens with one attached hydrogen (secondary N) is 1. The monoisotopic (exact) mass is 469 g/mol. The first-order valence-electron chi connectivity index (χ1n) is 9.55. The normalized spacial score (nSPS) is 19.0. The molecule has 1 saturated carbocycles. The van der Waals surface area contributed by atoms with Gasteiger partial charge in [0.05, 0.1) is 19.3 Å². The molecule has 0 radical (unpaired) electrons. The lowest BCUT2D eigenvalue weighted by Crippen LogP contribution is -2.47. The van der Waals surface area contributed by atoms with E-state index in [1.807, 2.05) is 0 Å². The second-order valence-electron chi connectivity index (χ2n) is 6.66. The molecule has 0 spiro atoms. The molecule has 1 heterocycles. The third-order valence-electron chi connectivity index (χ3n) is 4.47. The maximum absolute atomic E-state index is 5.93. The van der Waals surface area contributed by atoms with E-state index >= 15 is 0 Å². The van der Waals surface area contributed by atoms with Crippen molar-refractivity contribution >= 4 is 29.9 Å². The summed E-state index contributed by atoms with van der Waals surface area (Å²) in [4.78, 5) is 7.06. The van der Waals surface area contributed by atoms with Gasteiger partial charge in [-0.2, -0.15) is 0 Å². The molecule has 1 saturated heterocycles. The van der Waals surface area contributed by atoms with E-state index in [-0.39, 0.29) is 24.0 Å². The summed E-state index contributed by atoms with van der Waals surface area (Å²) in [6, 6.07) is 0. The summed E-state index contributed by atoms with van der Waals surface area (Å²) in [5.41, 5.74) is 0. The lowest BCUT2D eigenvalue weighted by atomic mass is 10.1. The van der Waals surface area contributed by atoms with Gasteiger partial charge in [0, 0.05) is 46.6 Å². The van der Waals surface area contributed by atoms with E-state index in [9.17, 15) is 0 Å². The molecule has 1 N–H and O–H groups in total. The summed E-state index contributed by atoms with van der Waals surface area (Å²) in [7, 11) is 1.73. The zero-order chi connectivity index (χ0) is 17.0. The molecule has 0 amide bonds. The lowest BCUT2D eigenvalue weighted by molar-refractivity contribution is 0.00987. The first kappa shape index (κ1) is 22.9. The fourth-order valence-corrected chi connectivity index (χ4v) is 2.86. The van der Waals surface area contributed by atoms with Crippen molar-refractivity contribution in [2.75, 3.05) is 59.7 Å². The van der Waals surface area contributed by atoms with Gasteiger partial charge in [-0.1, -0.05) is 0 Å². The molecule has 1 aliphatic heterocycles. The summed E-state index contributed by atoms with van der Waals surface area (Å²) in [5.74, 6) is 1.84. The van der Waals surface area contributed by atoms with Crippen molar-refractivity contribution in [3.8, 4) is 0 Å². The first-order valence-corrected chi connectivity index (χ1v) is 9.55. The minimum absolute atomic E-state index is 0. The van der Waals surface area contributed by atoms with Gasteiger partial charge in [0.25, 0.3) is 0 Å². The van der Waals surface area contributed by atoms with Crippen molar-refractivity contribution < 1.29 is 14.2 Å². The van der Waals surface area contributed by atoms with E-state index in [2.05, 4.69) is 17.1 Å². The number of halogens is 1. The van der Waals surface area contributed by atoms with Crippen LogP contribution >= 0.6 is 24.0 Å². The molecule has 0 atom stereocenters. The number of hydrogen-bond donors (Lipinski definition) is 1. The average Bonchev–Trinajstić information content (AvgIpc) is 3.42. The number of piperidine rings is 1. The lowest BCUT2D eigenvalue weighted by Gasteiger charge is -2.34. The Morgan fingerprint density at radius 1 is 1.12 bits per heavy atom. The standard InChI is InChI=1S/C18H35N3O3.HI/c1-3-19-18(20-9-14-23-15-16-5-6-16)21-10-7-17(8-11-21)24-13-4-12-22-2;/h16-17H,3-15H2,1-2H3,(H,19,20);1H. The minimum atomic E-state index is 0. The van der Waals surface area contributed by atoms with Crippen LogP contribution in [0.2, 0.25) is 0 Å². The highest BCUT2D eigenvalue weighted by molar-refractivity contribution is 14.0. The highest BCUT2D eigenvalue weighted by Crippen LogP contribution is 2.28. The van der Waals surface area contributed by atoms with Gasteiger partial charge in [0.15, 0.2) is 5.96 Å². The molecule has 25 heavy (non-hydrogen) atoms. The van der Waals surface area contributed by atoms with Crippen LogP contribution in [-0.2, 0) is 14.2 Å². The zero-order valence-corrected chi connectivity index (χ0v) is 18.2. The number of rotatable bonds is 11. The van der Waals surface area contributed by atoms with Crippen molar-refractivity contribution in [3.05, 3.63) is 0 Å². The van der Waals surface area contributed by atoms with Crippen LogP contribution in [0, 0.1) is 5.92 Å². The van der Waals surface area contributed by atoms with E-state index in [0.717, 1.165) is 83.7 Å². The molecule has 2 rings (SSSR count). The quantitative estimate of drug-likeness (QED) is 0.218. The summed E-state index contributed by atoms with van der Waals surface area (Å²) in [5, 5.41) is 3.40. The number of guanidine groups is 1. The van der Waals surface area contributed by atoms with E-state index in [0.29, 0.717) is 6.10 Å². The molecule has 7 heteroatoms. The van der Waals surface area contributed by atoms with Gasteiger partial charge in [0.2, 0.25) is 0 Å². The highest BCUT2D eigenvalue weighted by Gasteiger charge is 2.22. The molecular weight excluding hydrogens is 433 g/mol. The minimum Gasteiger partial charge on any atom is -0.385 e. The number of nitrogens with zero attached hydrogens (tertiary/aromatic N) is 2. The molecule has 0 bridgehead atoms. The third kappa shape index (κ3) is 9.96. The van der Waals surface area contributed by atoms with Gasteiger partial charge in [-0.05, 0) is 44.9 Å². The van der Waals surface area contributed by atoms with E-state index in [4.69, 9.17) is 19.2 Å². The van der Waals surface area contributed by atoms with Crippen LogP contribution in [0.4, 0.5) is 0 Å². The van der Waals surface area contributed by atoms with Gasteiger partial charge in [-0.3, -0.25) is 4.99 Å². The Morgan fingerprint density at radius 3 is 2.52 bits per heavy atom. The molecule has 6 nitrogen and oxygen atoms in total. The largest absolute Gasteiger partial charge is 0.385 e. The second-order valence-corrected chi connectivity index (χ2v) is 6.66. The second kappa shape index (κ2) is 14.0. The Hall–Kier alpha value is -0.120. The van der Waals surface area contributed by atoms with Crippen LogP contribution in [0.3, 0.4) is 0 Å². The van der Waals surface area contributed by atoms with Gasteiger partial charge < -0.3 is 24.4 Å². The molecular formula is C18H36IN3O3. The number of hydrogen-bond acceptors (Lipinski definition) is 4. The van der Waals surface area contributed by atoms with Gasteiger partial charge in [0.1, 0.15) is 0 Å². The number of methoxy groups -OCH3 is 1. The molecule has 148 valence electrons. The topological polar surface area (TPSA) is 55.3 Å². The summed E-state index contributed by atoms with van der Waals surface area (Å²) in [6.07, 6.45) is 6.16. The summed E-state index contributed by atoms with van der Waals surface area (Å²) >= 11 is 0. The molecule has 0 aromatic carbocycles. The first-order chi connectivity index (χ1) is 11.8. The summed E-state index contributed by atoms with van der Waals surface area (Å²) in [6.45, 7) is 8.97.